The molecule has 0 radical (unpaired) electrons. The summed E-state index contributed by atoms with van der Waals surface area (Å²) >= 11 is 3.28. The standard InChI is InChI=1S/C17H16BrN3O3/c1-3-12(16(22)23)21-13-6-4-5-10(2)15(13)20(17(21)24)11-7-8-14(18)19-9-11/h4-9,12H,3H2,1-2H3,(H,22,23). The van der Waals surface area contributed by atoms with E-state index in [9.17, 15) is 14.7 Å². The van der Waals surface area contributed by atoms with Gasteiger partial charge in [0, 0.05) is 0 Å². The monoisotopic (exact) mass is 389 g/mol. The van der Waals surface area contributed by atoms with E-state index in [1.165, 1.54) is 9.13 Å². The fourth-order valence-corrected chi connectivity index (χ4v) is 3.18. The third-order valence-corrected chi connectivity index (χ3v) is 4.52. The summed E-state index contributed by atoms with van der Waals surface area (Å²) in [5, 5.41) is 9.51. The van der Waals surface area contributed by atoms with E-state index >= 15 is 0 Å². The molecule has 0 saturated carbocycles. The third kappa shape index (κ3) is 2.54. The highest BCUT2D eigenvalue weighted by Gasteiger charge is 2.25. The number of fused-ring (bicyclic) bond motifs is 1. The van der Waals surface area contributed by atoms with Gasteiger partial charge in [-0.15, -0.1) is 0 Å². The van der Waals surface area contributed by atoms with Crippen LogP contribution in [0, 0.1) is 6.92 Å². The zero-order valence-electron chi connectivity index (χ0n) is 13.2. The van der Waals surface area contributed by atoms with E-state index in [4.69, 9.17) is 0 Å². The van der Waals surface area contributed by atoms with Crippen molar-refractivity contribution in [1.82, 2.24) is 14.1 Å². The van der Waals surface area contributed by atoms with Gasteiger partial charge in [-0.25, -0.2) is 14.6 Å². The lowest BCUT2D eigenvalue weighted by molar-refractivity contribution is -0.141. The number of pyridine rings is 1. The topological polar surface area (TPSA) is 77.1 Å². The molecule has 0 aliphatic carbocycles. The molecule has 0 aliphatic heterocycles. The van der Waals surface area contributed by atoms with Crippen molar-refractivity contribution in [2.75, 3.05) is 0 Å². The number of para-hydroxylation sites is 1. The smallest absolute Gasteiger partial charge is 0.334 e. The van der Waals surface area contributed by atoms with Gasteiger partial charge in [0.2, 0.25) is 0 Å². The number of imidazole rings is 1. The Balaban J connectivity index is 2.42. The van der Waals surface area contributed by atoms with Gasteiger partial charge in [0.05, 0.1) is 22.9 Å². The maximum atomic E-state index is 13.1. The minimum absolute atomic E-state index is 0.320. The van der Waals surface area contributed by atoms with Crippen LogP contribution < -0.4 is 5.69 Å². The SMILES string of the molecule is CCC(C(=O)O)n1c(=O)n(-c2ccc(Br)nc2)c2c(C)cccc21. The van der Waals surface area contributed by atoms with Crippen LogP contribution in [0.4, 0.5) is 0 Å². The zero-order valence-corrected chi connectivity index (χ0v) is 14.8. The van der Waals surface area contributed by atoms with Crippen LogP contribution in [-0.4, -0.2) is 25.2 Å². The molecule has 0 spiro atoms. The predicted octanol–water partition coefficient (Wildman–Crippen LogP) is 3.29. The molecular formula is C17H16BrN3O3. The second kappa shape index (κ2) is 6.24. The first kappa shape index (κ1) is 16.4. The van der Waals surface area contributed by atoms with Gasteiger partial charge in [0.1, 0.15) is 10.6 Å². The van der Waals surface area contributed by atoms with Gasteiger partial charge in [-0.2, -0.15) is 0 Å². The summed E-state index contributed by atoms with van der Waals surface area (Å²) in [4.78, 5) is 28.8. The van der Waals surface area contributed by atoms with Gasteiger partial charge in [0.25, 0.3) is 0 Å². The summed E-state index contributed by atoms with van der Waals surface area (Å²) in [5.74, 6) is -1.02. The molecular weight excluding hydrogens is 374 g/mol. The molecule has 1 aromatic carbocycles. The van der Waals surface area contributed by atoms with Gasteiger partial charge in [-0.3, -0.25) is 9.13 Å². The molecule has 0 aliphatic rings. The first-order chi connectivity index (χ1) is 11.5. The number of carboxylic acid groups (broad SMARTS) is 1. The minimum atomic E-state index is -1.02. The van der Waals surface area contributed by atoms with Crippen LogP contribution in [0.25, 0.3) is 16.7 Å². The number of halogens is 1. The average molecular weight is 390 g/mol. The van der Waals surface area contributed by atoms with E-state index in [0.29, 0.717) is 27.7 Å². The van der Waals surface area contributed by atoms with Crippen molar-refractivity contribution in [3.05, 3.63) is 57.2 Å². The molecule has 124 valence electrons. The summed E-state index contributed by atoms with van der Waals surface area (Å²) in [6.45, 7) is 3.65. The molecule has 2 aromatic heterocycles. The molecule has 6 nitrogen and oxygen atoms in total. The van der Waals surface area contributed by atoms with Gasteiger partial charge < -0.3 is 5.11 Å². The fourth-order valence-electron chi connectivity index (χ4n) is 2.94. The Morgan fingerprint density at radius 1 is 1.33 bits per heavy atom. The van der Waals surface area contributed by atoms with Crippen molar-refractivity contribution in [1.29, 1.82) is 0 Å². The lowest BCUT2D eigenvalue weighted by Gasteiger charge is -2.11. The van der Waals surface area contributed by atoms with Gasteiger partial charge >= 0.3 is 11.7 Å². The number of benzene rings is 1. The van der Waals surface area contributed by atoms with Crippen molar-refractivity contribution in [3.63, 3.8) is 0 Å². The molecule has 0 fully saturated rings. The van der Waals surface area contributed by atoms with E-state index < -0.39 is 12.0 Å². The normalized spacial score (nSPS) is 12.5. The van der Waals surface area contributed by atoms with Crippen LogP contribution in [0.1, 0.15) is 24.9 Å². The quantitative estimate of drug-likeness (QED) is 0.694. The van der Waals surface area contributed by atoms with Crippen LogP contribution in [0.3, 0.4) is 0 Å². The molecule has 1 atom stereocenters. The lowest BCUT2D eigenvalue weighted by atomic mass is 10.1. The lowest BCUT2D eigenvalue weighted by Crippen LogP contribution is -2.30. The highest BCUT2D eigenvalue weighted by molar-refractivity contribution is 9.10. The Kier molecular flexibility index (Phi) is 4.28. The largest absolute Gasteiger partial charge is 0.480 e. The number of hydrogen-bond donors (Lipinski definition) is 1. The van der Waals surface area contributed by atoms with Gasteiger partial charge in [0.15, 0.2) is 0 Å². The van der Waals surface area contributed by atoms with Crippen LogP contribution >= 0.6 is 15.9 Å². The second-order valence-electron chi connectivity index (χ2n) is 5.53. The molecule has 3 aromatic rings. The Morgan fingerprint density at radius 2 is 2.08 bits per heavy atom. The van der Waals surface area contributed by atoms with Crippen molar-refractivity contribution >= 4 is 32.9 Å². The van der Waals surface area contributed by atoms with E-state index in [1.54, 1.807) is 31.3 Å². The number of rotatable bonds is 4. The minimum Gasteiger partial charge on any atom is -0.480 e. The Labute approximate surface area is 146 Å². The predicted molar refractivity (Wildman–Crippen MR) is 94.7 cm³/mol. The number of aliphatic carboxylic acids is 1. The van der Waals surface area contributed by atoms with E-state index in [2.05, 4.69) is 20.9 Å². The molecule has 7 heteroatoms. The van der Waals surface area contributed by atoms with Crippen molar-refractivity contribution in [3.8, 4) is 5.69 Å². The number of carbonyl (C=O) groups is 1. The molecule has 2 heterocycles. The Hall–Kier alpha value is -2.41. The molecule has 1 unspecified atom stereocenters. The summed E-state index contributed by atoms with van der Waals surface area (Å²) in [7, 11) is 0. The van der Waals surface area contributed by atoms with Crippen molar-refractivity contribution < 1.29 is 9.90 Å². The molecule has 0 amide bonds. The molecule has 24 heavy (non-hydrogen) atoms. The number of aryl methyl sites for hydroxylation is 1. The highest BCUT2D eigenvalue weighted by Crippen LogP contribution is 2.25. The molecule has 0 saturated heterocycles. The molecule has 0 bridgehead atoms. The number of nitrogens with zero attached hydrogens (tertiary/aromatic N) is 3. The third-order valence-electron chi connectivity index (χ3n) is 4.05. The Bertz CT molecular complexity index is 973. The molecule has 1 N–H and O–H groups in total. The van der Waals surface area contributed by atoms with Gasteiger partial charge in [-0.1, -0.05) is 19.1 Å². The highest BCUT2D eigenvalue weighted by atomic mass is 79.9. The maximum absolute atomic E-state index is 13.1. The van der Waals surface area contributed by atoms with Crippen LogP contribution in [-0.2, 0) is 4.79 Å². The fraction of sp³-hybridized carbons (Fsp3) is 0.235. The second-order valence-corrected chi connectivity index (χ2v) is 6.34. The van der Waals surface area contributed by atoms with Gasteiger partial charge in [-0.05, 0) is 53.0 Å². The zero-order chi connectivity index (χ0) is 17.4. The van der Waals surface area contributed by atoms with Crippen molar-refractivity contribution in [2.45, 2.75) is 26.3 Å². The Morgan fingerprint density at radius 3 is 2.67 bits per heavy atom. The van der Waals surface area contributed by atoms with Crippen LogP contribution in [0.15, 0.2) is 45.9 Å². The van der Waals surface area contributed by atoms with E-state index in [0.717, 1.165) is 5.56 Å². The van der Waals surface area contributed by atoms with Crippen LogP contribution in [0.5, 0.6) is 0 Å². The molecule has 3 rings (SSSR count). The average Bonchev–Trinajstić information content (AvgIpc) is 2.83. The number of hydrogen-bond acceptors (Lipinski definition) is 3. The summed E-state index contributed by atoms with van der Waals surface area (Å²) in [6, 6.07) is 8.11. The summed E-state index contributed by atoms with van der Waals surface area (Å²) in [6.07, 6.45) is 1.91. The maximum Gasteiger partial charge on any atom is 0.334 e. The summed E-state index contributed by atoms with van der Waals surface area (Å²) < 4.78 is 3.54. The first-order valence-electron chi connectivity index (χ1n) is 7.53. The van der Waals surface area contributed by atoms with E-state index in [-0.39, 0.29) is 5.69 Å². The first-order valence-corrected chi connectivity index (χ1v) is 8.32. The van der Waals surface area contributed by atoms with E-state index in [1.807, 2.05) is 19.1 Å². The number of carboxylic acids is 1. The van der Waals surface area contributed by atoms with Crippen LogP contribution in [0.2, 0.25) is 0 Å². The number of aromatic nitrogens is 3. The van der Waals surface area contributed by atoms with Crippen molar-refractivity contribution in [2.24, 2.45) is 0 Å². The summed E-state index contributed by atoms with van der Waals surface area (Å²) in [5.41, 5.74) is 2.43.